The molecular formula is C18H32N4O2. The Bertz CT molecular complexity index is 492. The maximum Gasteiger partial charge on any atom is 0.191 e. The molecule has 0 spiro atoms. The Balaban J connectivity index is 2.76. The van der Waals surface area contributed by atoms with Crippen LogP contribution in [0.1, 0.15) is 24.9 Å². The molecule has 0 aromatic heterocycles. The van der Waals surface area contributed by atoms with E-state index in [-0.39, 0.29) is 6.04 Å². The molecule has 0 aliphatic heterocycles. The quantitative estimate of drug-likeness (QED) is 0.388. The number of hydrogen-bond donors (Lipinski definition) is 2. The fourth-order valence-corrected chi connectivity index (χ4v) is 2.36. The first kappa shape index (κ1) is 20.3. The number of aliphatic imine (C=N–C) groups is 1. The molecule has 0 radical (unpaired) electrons. The fraction of sp³-hybridized carbons (Fsp3) is 0.611. The van der Waals surface area contributed by atoms with Crippen LogP contribution in [0.5, 0.6) is 5.75 Å². The van der Waals surface area contributed by atoms with Crippen molar-refractivity contribution in [2.75, 3.05) is 54.6 Å². The molecule has 1 aromatic rings. The maximum absolute atomic E-state index is 5.33. The lowest BCUT2D eigenvalue weighted by atomic mass is 10.1. The average molecular weight is 336 g/mol. The molecule has 6 nitrogen and oxygen atoms in total. The molecule has 0 saturated heterocycles. The molecule has 24 heavy (non-hydrogen) atoms. The molecular weight excluding hydrogens is 304 g/mol. The summed E-state index contributed by atoms with van der Waals surface area (Å²) in [5.74, 6) is 1.70. The summed E-state index contributed by atoms with van der Waals surface area (Å²) in [4.78, 5) is 6.91. The first-order valence-electron chi connectivity index (χ1n) is 8.43. The highest BCUT2D eigenvalue weighted by molar-refractivity contribution is 5.79. The fourth-order valence-electron chi connectivity index (χ4n) is 2.36. The molecule has 0 saturated carbocycles. The number of benzene rings is 1. The lowest BCUT2D eigenvalue weighted by molar-refractivity contribution is 0.195. The Morgan fingerprint density at radius 2 is 2.04 bits per heavy atom. The van der Waals surface area contributed by atoms with Gasteiger partial charge in [-0.25, -0.2) is 0 Å². The highest BCUT2D eigenvalue weighted by Gasteiger charge is 2.14. The highest BCUT2D eigenvalue weighted by Crippen LogP contribution is 2.22. The van der Waals surface area contributed by atoms with Gasteiger partial charge in [-0.1, -0.05) is 12.1 Å². The number of guanidine groups is 1. The Hall–Kier alpha value is -1.79. The molecule has 0 amide bonds. The second-order valence-electron chi connectivity index (χ2n) is 5.75. The number of nitrogens with one attached hydrogen (secondary N) is 2. The summed E-state index contributed by atoms with van der Waals surface area (Å²) in [5.41, 5.74) is 1.19. The SMILES string of the molecule is CCNC(=NCC(c1cccc(OC)c1)N(C)C)NCCCOC. The van der Waals surface area contributed by atoms with Crippen molar-refractivity contribution < 1.29 is 9.47 Å². The molecule has 6 heteroatoms. The van der Waals surface area contributed by atoms with Gasteiger partial charge in [0.05, 0.1) is 19.7 Å². The summed E-state index contributed by atoms with van der Waals surface area (Å²) in [6, 6.07) is 8.35. The van der Waals surface area contributed by atoms with Gasteiger partial charge in [0.1, 0.15) is 5.75 Å². The number of ether oxygens (including phenoxy) is 2. The number of hydrogen-bond acceptors (Lipinski definition) is 4. The molecule has 0 fully saturated rings. The van der Waals surface area contributed by atoms with Crippen molar-refractivity contribution in [2.24, 2.45) is 4.99 Å². The van der Waals surface area contributed by atoms with Gasteiger partial charge in [0, 0.05) is 26.8 Å². The van der Waals surface area contributed by atoms with E-state index in [9.17, 15) is 0 Å². The Kier molecular flexibility index (Phi) is 9.88. The predicted molar refractivity (Wildman–Crippen MR) is 99.9 cm³/mol. The molecule has 1 rings (SSSR count). The van der Waals surface area contributed by atoms with Crippen LogP contribution >= 0.6 is 0 Å². The van der Waals surface area contributed by atoms with Crippen LogP contribution < -0.4 is 15.4 Å². The zero-order valence-corrected chi connectivity index (χ0v) is 15.6. The maximum atomic E-state index is 5.33. The number of nitrogens with zero attached hydrogens (tertiary/aromatic N) is 2. The first-order valence-corrected chi connectivity index (χ1v) is 8.43. The summed E-state index contributed by atoms with van der Waals surface area (Å²) in [6.45, 7) is 5.15. The van der Waals surface area contributed by atoms with Gasteiger partial charge in [0.25, 0.3) is 0 Å². The lowest BCUT2D eigenvalue weighted by Gasteiger charge is -2.24. The molecule has 1 unspecified atom stereocenters. The van der Waals surface area contributed by atoms with Crippen molar-refractivity contribution in [3.8, 4) is 5.75 Å². The van der Waals surface area contributed by atoms with E-state index in [1.807, 2.05) is 12.1 Å². The normalized spacial score (nSPS) is 13.0. The molecule has 1 aromatic carbocycles. The Labute approximate surface area is 146 Å². The summed E-state index contributed by atoms with van der Waals surface area (Å²) in [6.07, 6.45) is 0.952. The molecule has 0 heterocycles. The van der Waals surface area contributed by atoms with E-state index < -0.39 is 0 Å². The minimum absolute atomic E-state index is 0.189. The van der Waals surface area contributed by atoms with Gasteiger partial charge >= 0.3 is 0 Å². The Morgan fingerprint density at radius 1 is 1.25 bits per heavy atom. The zero-order chi connectivity index (χ0) is 17.8. The smallest absolute Gasteiger partial charge is 0.191 e. The van der Waals surface area contributed by atoms with Gasteiger partial charge in [-0.3, -0.25) is 4.99 Å². The minimum Gasteiger partial charge on any atom is -0.497 e. The standard InChI is InChI=1S/C18H32N4O2/c1-6-19-18(20-11-8-12-23-4)21-14-17(22(2)3)15-9-7-10-16(13-15)24-5/h7,9-10,13,17H,6,8,11-12,14H2,1-5H3,(H2,19,20,21). The van der Waals surface area contributed by atoms with E-state index in [0.29, 0.717) is 6.54 Å². The summed E-state index contributed by atoms with van der Waals surface area (Å²) < 4.78 is 10.4. The second kappa shape index (κ2) is 11.7. The van der Waals surface area contributed by atoms with Crippen molar-refractivity contribution in [1.29, 1.82) is 0 Å². The topological polar surface area (TPSA) is 58.1 Å². The van der Waals surface area contributed by atoms with Crippen molar-refractivity contribution in [3.63, 3.8) is 0 Å². The van der Waals surface area contributed by atoms with E-state index >= 15 is 0 Å². The third kappa shape index (κ3) is 7.19. The number of methoxy groups -OCH3 is 2. The van der Waals surface area contributed by atoms with Crippen LogP contribution in [0, 0.1) is 0 Å². The van der Waals surface area contributed by atoms with Gasteiger partial charge in [-0.05, 0) is 45.1 Å². The molecule has 1 atom stereocenters. The monoisotopic (exact) mass is 336 g/mol. The van der Waals surface area contributed by atoms with Gasteiger partial charge in [0.15, 0.2) is 5.96 Å². The van der Waals surface area contributed by atoms with Crippen LogP contribution in [-0.2, 0) is 4.74 Å². The van der Waals surface area contributed by atoms with Crippen molar-refractivity contribution >= 4 is 5.96 Å². The molecule has 0 aliphatic rings. The van der Waals surface area contributed by atoms with Crippen LogP contribution in [0.4, 0.5) is 0 Å². The summed E-state index contributed by atoms with van der Waals surface area (Å²) in [5, 5.41) is 6.62. The van der Waals surface area contributed by atoms with Crippen LogP contribution in [0.25, 0.3) is 0 Å². The van der Waals surface area contributed by atoms with Crippen LogP contribution in [0.3, 0.4) is 0 Å². The van der Waals surface area contributed by atoms with E-state index in [4.69, 9.17) is 14.5 Å². The van der Waals surface area contributed by atoms with Crippen molar-refractivity contribution in [2.45, 2.75) is 19.4 Å². The summed E-state index contributed by atoms with van der Waals surface area (Å²) >= 11 is 0. The van der Waals surface area contributed by atoms with E-state index in [2.05, 4.69) is 48.7 Å². The average Bonchev–Trinajstić information content (AvgIpc) is 2.58. The number of rotatable bonds is 10. The van der Waals surface area contributed by atoms with Crippen molar-refractivity contribution in [1.82, 2.24) is 15.5 Å². The van der Waals surface area contributed by atoms with Crippen molar-refractivity contribution in [3.05, 3.63) is 29.8 Å². The predicted octanol–water partition coefficient (Wildman–Crippen LogP) is 1.89. The largest absolute Gasteiger partial charge is 0.497 e. The van der Waals surface area contributed by atoms with E-state index in [0.717, 1.165) is 37.8 Å². The van der Waals surface area contributed by atoms with Gasteiger partial charge < -0.3 is 25.0 Å². The van der Waals surface area contributed by atoms with Crippen LogP contribution in [0.15, 0.2) is 29.3 Å². The van der Waals surface area contributed by atoms with Gasteiger partial charge in [0.2, 0.25) is 0 Å². The van der Waals surface area contributed by atoms with Gasteiger partial charge in [-0.2, -0.15) is 0 Å². The first-order chi connectivity index (χ1) is 11.6. The lowest BCUT2D eigenvalue weighted by Crippen LogP contribution is -2.38. The molecule has 0 aliphatic carbocycles. The third-order valence-corrected chi connectivity index (χ3v) is 3.69. The zero-order valence-electron chi connectivity index (χ0n) is 15.6. The Morgan fingerprint density at radius 3 is 2.67 bits per heavy atom. The van der Waals surface area contributed by atoms with E-state index in [1.165, 1.54) is 5.56 Å². The van der Waals surface area contributed by atoms with E-state index in [1.54, 1.807) is 14.2 Å². The second-order valence-corrected chi connectivity index (χ2v) is 5.75. The molecule has 136 valence electrons. The molecule has 0 bridgehead atoms. The summed E-state index contributed by atoms with van der Waals surface area (Å²) in [7, 11) is 7.54. The highest BCUT2D eigenvalue weighted by atomic mass is 16.5. The van der Waals surface area contributed by atoms with Crippen LogP contribution in [0.2, 0.25) is 0 Å². The molecule has 2 N–H and O–H groups in total. The van der Waals surface area contributed by atoms with Crippen LogP contribution in [-0.4, -0.2) is 65.4 Å². The third-order valence-electron chi connectivity index (χ3n) is 3.69. The van der Waals surface area contributed by atoms with Gasteiger partial charge in [-0.15, -0.1) is 0 Å². The number of likely N-dealkylation sites (N-methyl/N-ethyl adjacent to an activating group) is 1. The minimum atomic E-state index is 0.189.